The molecule has 2 unspecified atom stereocenters. The minimum atomic E-state index is 0.105. The van der Waals surface area contributed by atoms with Crippen molar-refractivity contribution in [2.75, 3.05) is 0 Å². The molecule has 0 fully saturated rings. The van der Waals surface area contributed by atoms with Gasteiger partial charge in [-0.25, -0.2) is 0 Å². The van der Waals surface area contributed by atoms with Gasteiger partial charge in [0.05, 0.1) is 11.3 Å². The fourth-order valence-corrected chi connectivity index (χ4v) is 4.39. The van der Waals surface area contributed by atoms with Crippen molar-refractivity contribution in [3.63, 3.8) is 0 Å². The van der Waals surface area contributed by atoms with E-state index in [0.29, 0.717) is 12.3 Å². The largest absolute Gasteiger partial charge is 0.294 e. The van der Waals surface area contributed by atoms with Gasteiger partial charge < -0.3 is 0 Å². The van der Waals surface area contributed by atoms with E-state index < -0.39 is 0 Å². The van der Waals surface area contributed by atoms with Crippen LogP contribution in [0.15, 0.2) is 54.6 Å². The molecule has 1 aliphatic rings. The average molecular weight is 379 g/mol. The monoisotopic (exact) mass is 378 g/mol. The molecule has 2 atom stereocenters. The van der Waals surface area contributed by atoms with E-state index in [2.05, 4.69) is 31.2 Å². The normalized spacial score (nSPS) is 17.6. The summed E-state index contributed by atoms with van der Waals surface area (Å²) in [6.45, 7) is 4.98. The summed E-state index contributed by atoms with van der Waals surface area (Å²) in [6, 6.07) is 18.2. The zero-order valence-corrected chi connectivity index (χ0v) is 16.4. The molecule has 1 aromatic heterocycles. The summed E-state index contributed by atoms with van der Waals surface area (Å²) in [7, 11) is 0. The molecule has 0 spiro atoms. The molecule has 2 aromatic carbocycles. The molecule has 1 heterocycles. The van der Waals surface area contributed by atoms with Crippen molar-refractivity contribution in [3.8, 4) is 0 Å². The van der Waals surface area contributed by atoms with Crippen LogP contribution in [-0.2, 0) is 13.0 Å². The quantitative estimate of drug-likeness (QED) is 0.595. The summed E-state index contributed by atoms with van der Waals surface area (Å²) in [5.41, 5.74) is 5.04. The molecule has 4 heteroatoms. The maximum absolute atomic E-state index is 12.9. The molecule has 0 saturated heterocycles. The highest BCUT2D eigenvalue weighted by Gasteiger charge is 2.32. The first-order chi connectivity index (χ1) is 13.0. The number of aromatic nitrogens is 2. The summed E-state index contributed by atoms with van der Waals surface area (Å²) in [6.07, 6.45) is 1.26. The topological polar surface area (TPSA) is 34.9 Å². The predicted octanol–water partition coefficient (Wildman–Crippen LogP) is 5.56. The second kappa shape index (κ2) is 7.32. The van der Waals surface area contributed by atoms with Gasteiger partial charge in [-0.3, -0.25) is 9.48 Å². The van der Waals surface area contributed by atoms with Gasteiger partial charge in [0.25, 0.3) is 0 Å². The molecule has 27 heavy (non-hydrogen) atoms. The van der Waals surface area contributed by atoms with Crippen LogP contribution in [-0.4, -0.2) is 15.6 Å². The van der Waals surface area contributed by atoms with Crippen LogP contribution in [0.25, 0.3) is 0 Å². The van der Waals surface area contributed by atoms with Crippen LogP contribution in [0.4, 0.5) is 0 Å². The van der Waals surface area contributed by atoms with Crippen LogP contribution in [0.5, 0.6) is 0 Å². The van der Waals surface area contributed by atoms with Gasteiger partial charge in [0.1, 0.15) is 0 Å². The fourth-order valence-electron chi connectivity index (χ4n) is 4.10. The minimum absolute atomic E-state index is 0.105. The molecule has 0 saturated carbocycles. The van der Waals surface area contributed by atoms with E-state index in [1.54, 1.807) is 0 Å². The van der Waals surface area contributed by atoms with Gasteiger partial charge in [-0.2, -0.15) is 5.10 Å². The third-order valence-electron chi connectivity index (χ3n) is 5.59. The smallest absolute Gasteiger partial charge is 0.167 e. The third-order valence-corrected chi connectivity index (χ3v) is 5.93. The summed E-state index contributed by atoms with van der Waals surface area (Å²) >= 11 is 6.37. The van der Waals surface area contributed by atoms with Gasteiger partial charge >= 0.3 is 0 Å². The Morgan fingerprint density at radius 3 is 2.56 bits per heavy atom. The van der Waals surface area contributed by atoms with Crippen molar-refractivity contribution in [1.82, 2.24) is 9.78 Å². The lowest BCUT2D eigenvalue weighted by molar-refractivity contribution is 0.0963. The van der Waals surface area contributed by atoms with Gasteiger partial charge in [0.2, 0.25) is 0 Å². The van der Waals surface area contributed by atoms with Gasteiger partial charge in [-0.05, 0) is 36.5 Å². The fraction of sp³-hybridized carbons (Fsp3) is 0.304. The molecule has 3 aromatic rings. The molecule has 3 nitrogen and oxygen atoms in total. The highest BCUT2D eigenvalue weighted by molar-refractivity contribution is 6.31. The molecular weight excluding hydrogens is 356 g/mol. The van der Waals surface area contributed by atoms with E-state index in [1.807, 2.05) is 41.9 Å². The lowest BCUT2D eigenvalue weighted by Crippen LogP contribution is -2.18. The highest BCUT2D eigenvalue weighted by Crippen LogP contribution is 2.36. The second-order valence-electron chi connectivity index (χ2n) is 7.45. The lowest BCUT2D eigenvalue weighted by Gasteiger charge is -2.21. The summed E-state index contributed by atoms with van der Waals surface area (Å²) in [4.78, 5) is 12.9. The Morgan fingerprint density at radius 2 is 1.81 bits per heavy atom. The van der Waals surface area contributed by atoms with Gasteiger partial charge in [0.15, 0.2) is 5.78 Å². The third kappa shape index (κ3) is 3.44. The summed E-state index contributed by atoms with van der Waals surface area (Å²) in [5, 5.41) is 5.55. The van der Waals surface area contributed by atoms with Crippen LogP contribution < -0.4 is 0 Å². The Labute approximate surface area is 165 Å². The lowest BCUT2D eigenvalue weighted by atomic mass is 9.82. The Morgan fingerprint density at radius 1 is 1.11 bits per heavy atom. The van der Waals surface area contributed by atoms with Crippen molar-refractivity contribution in [2.24, 2.45) is 0 Å². The van der Waals surface area contributed by atoms with Gasteiger partial charge in [-0.1, -0.05) is 67.1 Å². The molecular formula is C23H23ClN2O. The molecule has 0 aliphatic heterocycles. The number of nitrogens with zero attached hydrogens (tertiary/aromatic N) is 2. The first-order valence-electron chi connectivity index (χ1n) is 9.43. The molecule has 4 rings (SSSR count). The maximum Gasteiger partial charge on any atom is 0.167 e. The Kier molecular flexibility index (Phi) is 4.88. The Balaban J connectivity index is 1.62. The number of benzene rings is 2. The Bertz CT molecular complexity index is 977. The number of halogens is 1. The molecule has 138 valence electrons. The Hall–Kier alpha value is -2.39. The van der Waals surface area contributed by atoms with E-state index in [0.717, 1.165) is 40.5 Å². The number of Topliss-reactive ketones (excluding diaryl/α,β-unsaturated/α-hetero) is 1. The van der Waals surface area contributed by atoms with Gasteiger partial charge in [-0.15, -0.1) is 0 Å². The number of hydrogen-bond acceptors (Lipinski definition) is 2. The average Bonchev–Trinajstić information content (AvgIpc) is 2.98. The minimum Gasteiger partial charge on any atom is -0.294 e. The van der Waals surface area contributed by atoms with E-state index in [1.165, 1.54) is 5.56 Å². The molecule has 0 N–H and O–H groups in total. The van der Waals surface area contributed by atoms with Crippen molar-refractivity contribution < 1.29 is 4.79 Å². The number of ketones is 1. The van der Waals surface area contributed by atoms with Crippen LogP contribution >= 0.6 is 11.6 Å². The summed E-state index contributed by atoms with van der Waals surface area (Å²) < 4.78 is 2.01. The van der Waals surface area contributed by atoms with Crippen LogP contribution in [0.3, 0.4) is 0 Å². The molecule has 0 amide bonds. The van der Waals surface area contributed by atoms with Crippen molar-refractivity contribution in [2.45, 2.75) is 45.1 Å². The SMILES string of the molecule is Cc1c2c(nn1CC(C)c1ccccc1)CC(c1ccccc1Cl)CC2=O. The molecule has 1 aliphatic carbocycles. The zero-order valence-electron chi connectivity index (χ0n) is 15.7. The van der Waals surface area contributed by atoms with E-state index >= 15 is 0 Å². The first-order valence-corrected chi connectivity index (χ1v) is 9.81. The standard InChI is InChI=1S/C23H23ClN2O/c1-15(17-8-4-3-5-9-17)14-26-16(2)23-21(25-26)12-18(13-22(23)27)19-10-6-7-11-20(19)24/h3-11,15,18H,12-14H2,1-2H3. The number of rotatable bonds is 4. The van der Waals surface area contributed by atoms with Crippen molar-refractivity contribution in [3.05, 3.63) is 87.7 Å². The predicted molar refractivity (Wildman–Crippen MR) is 109 cm³/mol. The number of fused-ring (bicyclic) bond motifs is 1. The van der Waals surface area contributed by atoms with E-state index in [9.17, 15) is 4.79 Å². The zero-order chi connectivity index (χ0) is 19.0. The van der Waals surface area contributed by atoms with Crippen LogP contribution in [0.2, 0.25) is 5.02 Å². The summed E-state index contributed by atoms with van der Waals surface area (Å²) in [5.74, 6) is 0.617. The van der Waals surface area contributed by atoms with Crippen molar-refractivity contribution >= 4 is 17.4 Å². The van der Waals surface area contributed by atoms with Gasteiger partial charge in [0, 0.05) is 29.6 Å². The van der Waals surface area contributed by atoms with E-state index in [4.69, 9.17) is 16.7 Å². The molecule has 0 radical (unpaired) electrons. The van der Waals surface area contributed by atoms with Crippen LogP contribution in [0.1, 0.15) is 58.1 Å². The van der Waals surface area contributed by atoms with E-state index in [-0.39, 0.29) is 11.7 Å². The van der Waals surface area contributed by atoms with Crippen LogP contribution in [0, 0.1) is 6.92 Å². The number of hydrogen-bond donors (Lipinski definition) is 0. The van der Waals surface area contributed by atoms with Crippen molar-refractivity contribution in [1.29, 1.82) is 0 Å². The highest BCUT2D eigenvalue weighted by atomic mass is 35.5. The maximum atomic E-state index is 12.9. The first kappa shape index (κ1) is 18.0. The number of carbonyl (C=O) groups is 1. The second-order valence-corrected chi connectivity index (χ2v) is 7.86. The number of carbonyl (C=O) groups excluding carboxylic acids is 1. The molecule has 0 bridgehead atoms.